The second-order valence-electron chi connectivity index (χ2n) is 7.46. The molecule has 0 saturated carbocycles. The molecule has 5 rings (SSSR count). The number of aliphatic imine (C=N–C) groups is 1. The third-order valence-corrected chi connectivity index (χ3v) is 6.96. The average Bonchev–Trinajstić information content (AvgIpc) is 3.45. The number of rotatable bonds is 5. The number of thiazole rings is 1. The number of benzene rings is 3. The summed E-state index contributed by atoms with van der Waals surface area (Å²) in [6.07, 6.45) is 2.92. The lowest BCUT2D eigenvalue weighted by molar-refractivity contribution is -0.113. The van der Waals surface area contributed by atoms with Crippen LogP contribution in [-0.2, 0) is 11.2 Å². The standard InChI is InChI=1S/C27H21N3OS2/c1-2-19-13-15-20(16-14-19)17-24-25(31)30(22-11-7-4-8-12-22)27(33-24)29-26-28-23(18-32-26)21-9-5-3-6-10-21/h3-18H,2H2,1H3/b24-17-,29-27+. The van der Waals surface area contributed by atoms with Crippen LogP contribution in [0.4, 0.5) is 10.8 Å². The number of carbonyl (C=O) groups excluding carboxylic acids is 1. The molecule has 1 fully saturated rings. The Kier molecular flexibility index (Phi) is 6.19. The van der Waals surface area contributed by atoms with E-state index in [9.17, 15) is 4.79 Å². The van der Waals surface area contributed by atoms with Gasteiger partial charge in [-0.3, -0.25) is 9.69 Å². The third kappa shape index (κ3) is 4.67. The summed E-state index contributed by atoms with van der Waals surface area (Å²) in [6.45, 7) is 2.13. The Morgan fingerprint density at radius 3 is 2.33 bits per heavy atom. The second-order valence-corrected chi connectivity index (χ2v) is 9.30. The van der Waals surface area contributed by atoms with Crippen LogP contribution in [0.25, 0.3) is 17.3 Å². The van der Waals surface area contributed by atoms with Gasteiger partial charge in [0.15, 0.2) is 5.17 Å². The number of anilines is 1. The van der Waals surface area contributed by atoms with Crippen molar-refractivity contribution in [3.8, 4) is 11.3 Å². The van der Waals surface area contributed by atoms with Crippen molar-refractivity contribution in [2.75, 3.05) is 4.90 Å². The number of hydrogen-bond acceptors (Lipinski definition) is 5. The minimum atomic E-state index is -0.0793. The minimum Gasteiger partial charge on any atom is -0.268 e. The molecule has 0 spiro atoms. The van der Waals surface area contributed by atoms with Crippen LogP contribution in [0.1, 0.15) is 18.1 Å². The topological polar surface area (TPSA) is 45.6 Å². The van der Waals surface area contributed by atoms with Gasteiger partial charge in [0.2, 0.25) is 5.13 Å². The van der Waals surface area contributed by atoms with Crippen LogP contribution in [0, 0.1) is 0 Å². The lowest BCUT2D eigenvalue weighted by Crippen LogP contribution is -2.28. The molecule has 2 heterocycles. The molecular weight excluding hydrogens is 446 g/mol. The summed E-state index contributed by atoms with van der Waals surface area (Å²) in [5, 5.41) is 3.23. The van der Waals surface area contributed by atoms with E-state index in [-0.39, 0.29) is 5.91 Å². The van der Waals surface area contributed by atoms with Gasteiger partial charge in [0, 0.05) is 10.9 Å². The van der Waals surface area contributed by atoms with Crippen molar-refractivity contribution in [1.29, 1.82) is 0 Å². The van der Waals surface area contributed by atoms with Crippen molar-refractivity contribution < 1.29 is 4.79 Å². The quantitative estimate of drug-likeness (QED) is 0.292. The molecule has 0 bridgehead atoms. The second kappa shape index (κ2) is 9.57. The number of aryl methyl sites for hydroxylation is 1. The van der Waals surface area contributed by atoms with Crippen LogP contribution < -0.4 is 4.90 Å². The zero-order chi connectivity index (χ0) is 22.6. The Morgan fingerprint density at radius 1 is 0.939 bits per heavy atom. The van der Waals surface area contributed by atoms with E-state index >= 15 is 0 Å². The van der Waals surface area contributed by atoms with Gasteiger partial charge in [0.1, 0.15) is 0 Å². The zero-order valence-corrected chi connectivity index (χ0v) is 19.6. The number of nitrogens with zero attached hydrogens (tertiary/aromatic N) is 3. The van der Waals surface area contributed by atoms with Gasteiger partial charge in [-0.1, -0.05) is 79.7 Å². The van der Waals surface area contributed by atoms with Crippen molar-refractivity contribution in [2.45, 2.75) is 13.3 Å². The molecule has 1 saturated heterocycles. The maximum atomic E-state index is 13.4. The minimum absolute atomic E-state index is 0.0793. The van der Waals surface area contributed by atoms with Crippen molar-refractivity contribution in [3.05, 3.63) is 106 Å². The largest absolute Gasteiger partial charge is 0.271 e. The fraction of sp³-hybridized carbons (Fsp3) is 0.0741. The number of amides is 1. The molecule has 0 unspecified atom stereocenters. The van der Waals surface area contributed by atoms with Crippen LogP contribution in [0.2, 0.25) is 0 Å². The summed E-state index contributed by atoms with van der Waals surface area (Å²) in [7, 11) is 0. The first-order valence-corrected chi connectivity index (χ1v) is 12.4. The molecule has 1 aliphatic rings. The van der Waals surface area contributed by atoms with Gasteiger partial charge in [-0.2, -0.15) is 4.99 Å². The normalized spacial score (nSPS) is 16.2. The van der Waals surface area contributed by atoms with Crippen molar-refractivity contribution in [2.24, 2.45) is 4.99 Å². The Hall–Kier alpha value is -3.48. The monoisotopic (exact) mass is 467 g/mol. The first-order valence-electron chi connectivity index (χ1n) is 10.7. The first kappa shape index (κ1) is 21.4. The Morgan fingerprint density at radius 2 is 1.64 bits per heavy atom. The molecule has 0 atom stereocenters. The van der Waals surface area contributed by atoms with Crippen LogP contribution in [0.5, 0.6) is 0 Å². The molecule has 1 aliphatic heterocycles. The van der Waals surface area contributed by atoms with Crippen molar-refractivity contribution in [1.82, 2.24) is 4.98 Å². The molecule has 0 N–H and O–H groups in total. The van der Waals surface area contributed by atoms with Gasteiger partial charge in [-0.15, -0.1) is 11.3 Å². The van der Waals surface area contributed by atoms with E-state index < -0.39 is 0 Å². The predicted octanol–water partition coefficient (Wildman–Crippen LogP) is 7.18. The van der Waals surface area contributed by atoms with E-state index in [2.05, 4.69) is 36.2 Å². The smallest absolute Gasteiger partial charge is 0.268 e. The Labute approximate surface area is 201 Å². The maximum absolute atomic E-state index is 13.4. The number of thioether (sulfide) groups is 1. The molecule has 4 aromatic rings. The SMILES string of the molecule is CCc1ccc(/C=C2\S/C(=N/c3nc(-c4ccccc4)cs3)N(c3ccccc3)C2=O)cc1. The number of carbonyl (C=O) groups is 1. The summed E-state index contributed by atoms with van der Waals surface area (Å²) in [5.41, 5.74) is 4.99. The number of amidine groups is 1. The Bertz CT molecular complexity index is 1330. The maximum Gasteiger partial charge on any atom is 0.271 e. The highest BCUT2D eigenvalue weighted by Crippen LogP contribution is 2.38. The zero-order valence-electron chi connectivity index (χ0n) is 18.0. The third-order valence-electron chi connectivity index (χ3n) is 5.26. The van der Waals surface area contributed by atoms with Crippen molar-refractivity contribution in [3.63, 3.8) is 0 Å². The molecule has 0 aliphatic carbocycles. The lowest BCUT2D eigenvalue weighted by atomic mass is 10.1. The lowest BCUT2D eigenvalue weighted by Gasteiger charge is -2.14. The van der Waals surface area contributed by atoms with E-state index in [0.29, 0.717) is 15.2 Å². The highest BCUT2D eigenvalue weighted by Gasteiger charge is 2.35. The van der Waals surface area contributed by atoms with Gasteiger partial charge in [0.25, 0.3) is 5.91 Å². The average molecular weight is 468 g/mol. The fourth-order valence-corrected chi connectivity index (χ4v) is 5.23. The summed E-state index contributed by atoms with van der Waals surface area (Å²) in [4.78, 5) is 25.2. The van der Waals surface area contributed by atoms with Crippen LogP contribution >= 0.6 is 23.1 Å². The molecule has 1 aromatic heterocycles. The highest BCUT2D eigenvalue weighted by molar-refractivity contribution is 8.19. The van der Waals surface area contributed by atoms with E-state index in [1.165, 1.54) is 28.7 Å². The van der Waals surface area contributed by atoms with Crippen LogP contribution in [-0.4, -0.2) is 16.1 Å². The summed E-state index contributed by atoms with van der Waals surface area (Å²) in [5.74, 6) is -0.0793. The number of aromatic nitrogens is 1. The van der Waals surface area contributed by atoms with E-state index in [4.69, 9.17) is 4.99 Å². The first-order chi connectivity index (χ1) is 16.2. The van der Waals surface area contributed by atoms with E-state index in [1.807, 2.05) is 72.1 Å². The van der Waals surface area contributed by atoms with Gasteiger partial charge < -0.3 is 0 Å². The molecular formula is C27H21N3OS2. The van der Waals surface area contributed by atoms with Crippen molar-refractivity contribution >= 4 is 51.1 Å². The van der Waals surface area contributed by atoms with E-state index in [0.717, 1.165) is 28.9 Å². The van der Waals surface area contributed by atoms with Crippen LogP contribution in [0.15, 0.2) is 100 Å². The van der Waals surface area contributed by atoms with E-state index in [1.54, 1.807) is 4.90 Å². The highest BCUT2D eigenvalue weighted by atomic mass is 32.2. The number of hydrogen-bond donors (Lipinski definition) is 0. The molecule has 0 radical (unpaired) electrons. The molecule has 6 heteroatoms. The molecule has 1 amide bonds. The Balaban J connectivity index is 1.51. The van der Waals surface area contributed by atoms with Crippen LogP contribution in [0.3, 0.4) is 0 Å². The molecule has 4 nitrogen and oxygen atoms in total. The molecule has 3 aromatic carbocycles. The molecule has 33 heavy (non-hydrogen) atoms. The summed E-state index contributed by atoms with van der Waals surface area (Å²) >= 11 is 2.85. The summed E-state index contributed by atoms with van der Waals surface area (Å²) in [6, 6.07) is 28.0. The fourth-order valence-electron chi connectivity index (χ4n) is 3.49. The van der Waals surface area contributed by atoms with Gasteiger partial charge in [-0.05, 0) is 47.5 Å². The molecule has 162 valence electrons. The predicted molar refractivity (Wildman–Crippen MR) is 140 cm³/mol. The van der Waals surface area contributed by atoms with Gasteiger partial charge >= 0.3 is 0 Å². The van der Waals surface area contributed by atoms with Gasteiger partial charge in [-0.25, -0.2) is 4.98 Å². The van der Waals surface area contributed by atoms with Gasteiger partial charge in [0.05, 0.1) is 16.3 Å². The number of para-hydroxylation sites is 1. The summed E-state index contributed by atoms with van der Waals surface area (Å²) < 4.78 is 0.